The molecule has 2 N–H and O–H groups in total. The van der Waals surface area contributed by atoms with Gasteiger partial charge >= 0.3 is 11.8 Å². The van der Waals surface area contributed by atoms with E-state index in [4.69, 9.17) is 11.6 Å². The van der Waals surface area contributed by atoms with Gasteiger partial charge in [-0.3, -0.25) is 10.1 Å². The van der Waals surface area contributed by atoms with Crippen LogP contribution in [0.4, 0.5) is 26.4 Å². The Bertz CT molecular complexity index is 1140. The zero-order valence-electron chi connectivity index (χ0n) is 17.3. The third kappa shape index (κ3) is 3.00. The molecule has 4 aliphatic rings. The van der Waals surface area contributed by atoms with E-state index in [2.05, 4.69) is 15.3 Å². The number of pyridine rings is 2. The van der Waals surface area contributed by atoms with Crippen molar-refractivity contribution in [2.75, 3.05) is 43.9 Å². The lowest BCUT2D eigenvalue weighted by atomic mass is 9.79. The highest BCUT2D eigenvalue weighted by Gasteiger charge is 2.54. The third-order valence-corrected chi connectivity index (χ3v) is 7.08. The summed E-state index contributed by atoms with van der Waals surface area (Å²) < 4.78 is 14.9. The van der Waals surface area contributed by atoms with Crippen LogP contribution < -0.4 is 10.2 Å². The summed E-state index contributed by atoms with van der Waals surface area (Å²) in [6, 6.07) is -0.412. The molecule has 5 heterocycles. The van der Waals surface area contributed by atoms with Gasteiger partial charge in [0.05, 0.1) is 22.4 Å². The van der Waals surface area contributed by atoms with E-state index in [0.717, 1.165) is 0 Å². The lowest BCUT2D eigenvalue weighted by Crippen LogP contribution is -2.58. The first-order valence-electron chi connectivity index (χ1n) is 10.2. The molecular weight excluding hydrogens is 445 g/mol. The molecule has 4 fully saturated rings. The number of carboxylic acid groups (broad SMARTS) is 1. The van der Waals surface area contributed by atoms with E-state index < -0.39 is 16.8 Å². The SMILES string of the molecule is CN(C)C1CN(c2nc3c(F)c(Cl)ncc3c(NC3C4CC3N(C(=O)O)C4)c2[N+](=O)[O-])C1. The maximum atomic E-state index is 14.9. The number of hydrogen-bond donors (Lipinski definition) is 2. The maximum absolute atomic E-state index is 14.9. The van der Waals surface area contributed by atoms with Gasteiger partial charge in [-0.15, -0.1) is 0 Å². The topological polar surface area (TPSA) is 128 Å². The van der Waals surface area contributed by atoms with E-state index >= 15 is 0 Å². The number of nitrogens with zero attached hydrogens (tertiary/aromatic N) is 6. The van der Waals surface area contributed by atoms with Crippen molar-refractivity contribution in [2.24, 2.45) is 5.92 Å². The second-order valence-electron chi connectivity index (χ2n) is 8.73. The molecule has 2 aromatic heterocycles. The van der Waals surface area contributed by atoms with Gasteiger partial charge in [-0.2, -0.15) is 0 Å². The van der Waals surface area contributed by atoms with Crippen molar-refractivity contribution in [3.8, 4) is 0 Å². The standard InChI is InChI=1S/C19H21ClFN7O4/c1-25(2)9-6-26(7-9)18-16(28(31)32)15(10-4-22-17(20)12(21)14(10)24-18)23-13-8-3-11(13)27(5-8)19(29)30/h4,8-9,11,13H,3,5-7H2,1-2H3,(H,23,24)(H,29,30). The Labute approximate surface area is 186 Å². The zero-order valence-corrected chi connectivity index (χ0v) is 18.1. The Balaban J connectivity index is 1.62. The monoisotopic (exact) mass is 465 g/mol. The number of carbonyl (C=O) groups is 1. The highest BCUT2D eigenvalue weighted by Crippen LogP contribution is 2.47. The number of rotatable bonds is 5. The molecule has 32 heavy (non-hydrogen) atoms. The minimum Gasteiger partial charge on any atom is -0.465 e. The summed E-state index contributed by atoms with van der Waals surface area (Å²) in [5, 5.41) is 24.5. The van der Waals surface area contributed by atoms with Crippen LogP contribution >= 0.6 is 11.6 Å². The summed E-state index contributed by atoms with van der Waals surface area (Å²) in [5.74, 6) is -0.766. The molecular formula is C19H21ClFN7O4. The normalized spacial score (nSPS) is 24.6. The van der Waals surface area contributed by atoms with Crippen LogP contribution in [0.5, 0.6) is 0 Å². The molecule has 0 aromatic carbocycles. The lowest BCUT2D eigenvalue weighted by molar-refractivity contribution is -0.383. The summed E-state index contributed by atoms with van der Waals surface area (Å²) in [6.45, 7) is 1.37. The van der Waals surface area contributed by atoms with Crippen molar-refractivity contribution >= 4 is 45.8 Å². The van der Waals surface area contributed by atoms with Gasteiger partial charge in [0.2, 0.25) is 5.82 Å². The first-order chi connectivity index (χ1) is 15.2. The predicted octanol–water partition coefficient (Wildman–Crippen LogP) is 2.24. The molecule has 2 aromatic rings. The molecule has 3 saturated heterocycles. The average Bonchev–Trinajstić information content (AvgIpc) is 3.27. The highest BCUT2D eigenvalue weighted by atomic mass is 35.5. The van der Waals surface area contributed by atoms with Gasteiger partial charge in [-0.25, -0.2) is 19.2 Å². The number of anilines is 2. The van der Waals surface area contributed by atoms with E-state index in [-0.39, 0.29) is 57.3 Å². The van der Waals surface area contributed by atoms with Crippen LogP contribution in [-0.2, 0) is 0 Å². The first kappa shape index (κ1) is 20.9. The van der Waals surface area contributed by atoms with Crippen LogP contribution in [0, 0.1) is 21.8 Å². The quantitative estimate of drug-likeness (QED) is 0.388. The summed E-state index contributed by atoms with van der Waals surface area (Å²) in [4.78, 5) is 36.3. The number of amides is 1. The van der Waals surface area contributed by atoms with Gasteiger partial charge < -0.3 is 25.1 Å². The van der Waals surface area contributed by atoms with E-state index in [1.807, 2.05) is 19.0 Å². The summed E-state index contributed by atoms with van der Waals surface area (Å²) in [6.07, 6.45) is 0.926. The van der Waals surface area contributed by atoms with Gasteiger partial charge in [0.1, 0.15) is 11.2 Å². The van der Waals surface area contributed by atoms with Gasteiger partial charge in [0.15, 0.2) is 11.0 Å². The minimum absolute atomic E-state index is 0.0228. The second-order valence-corrected chi connectivity index (χ2v) is 9.09. The van der Waals surface area contributed by atoms with Crippen molar-refractivity contribution in [2.45, 2.75) is 24.5 Å². The lowest BCUT2D eigenvalue weighted by Gasteiger charge is -2.43. The molecule has 2 bridgehead atoms. The number of halogens is 2. The Morgan fingerprint density at radius 1 is 1.41 bits per heavy atom. The summed E-state index contributed by atoms with van der Waals surface area (Å²) in [7, 11) is 3.84. The van der Waals surface area contributed by atoms with Gasteiger partial charge in [0.25, 0.3) is 0 Å². The number of fused-ring (bicyclic) bond motifs is 2. The van der Waals surface area contributed by atoms with Crippen molar-refractivity contribution in [3.63, 3.8) is 0 Å². The van der Waals surface area contributed by atoms with E-state index in [1.165, 1.54) is 11.1 Å². The molecule has 1 aliphatic carbocycles. The smallest absolute Gasteiger partial charge is 0.407 e. The Hall–Kier alpha value is -2.99. The Morgan fingerprint density at radius 2 is 2.12 bits per heavy atom. The predicted molar refractivity (Wildman–Crippen MR) is 115 cm³/mol. The molecule has 11 nitrogen and oxygen atoms in total. The summed E-state index contributed by atoms with van der Waals surface area (Å²) >= 11 is 5.87. The minimum atomic E-state index is -1.02. The van der Waals surface area contributed by atoms with Crippen LogP contribution in [0.25, 0.3) is 10.9 Å². The third-order valence-electron chi connectivity index (χ3n) is 6.82. The molecule has 3 atom stereocenters. The fourth-order valence-corrected chi connectivity index (χ4v) is 5.00. The molecule has 1 amide bonds. The van der Waals surface area contributed by atoms with Crippen LogP contribution in [0.2, 0.25) is 5.15 Å². The number of hydrogen-bond acceptors (Lipinski definition) is 8. The first-order valence-corrected chi connectivity index (χ1v) is 10.5. The molecule has 0 spiro atoms. The molecule has 6 rings (SSSR count). The average molecular weight is 466 g/mol. The highest BCUT2D eigenvalue weighted by molar-refractivity contribution is 6.30. The second kappa shape index (κ2) is 7.27. The Morgan fingerprint density at radius 3 is 2.72 bits per heavy atom. The molecule has 13 heteroatoms. The molecule has 170 valence electrons. The maximum Gasteiger partial charge on any atom is 0.407 e. The van der Waals surface area contributed by atoms with Gasteiger partial charge in [0, 0.05) is 37.8 Å². The van der Waals surface area contributed by atoms with Crippen LogP contribution in [-0.4, -0.2) is 87.7 Å². The molecule has 3 unspecified atom stereocenters. The van der Waals surface area contributed by atoms with Crippen molar-refractivity contribution in [1.82, 2.24) is 19.8 Å². The van der Waals surface area contributed by atoms with E-state index in [0.29, 0.717) is 26.1 Å². The van der Waals surface area contributed by atoms with Crippen molar-refractivity contribution in [3.05, 3.63) is 27.3 Å². The van der Waals surface area contributed by atoms with Gasteiger partial charge in [-0.1, -0.05) is 11.6 Å². The van der Waals surface area contributed by atoms with Crippen LogP contribution in [0.3, 0.4) is 0 Å². The Kier molecular flexibility index (Phi) is 4.75. The fourth-order valence-electron chi connectivity index (χ4n) is 4.86. The van der Waals surface area contributed by atoms with E-state index in [1.54, 1.807) is 4.90 Å². The van der Waals surface area contributed by atoms with Crippen molar-refractivity contribution < 1.29 is 19.2 Å². The largest absolute Gasteiger partial charge is 0.465 e. The fraction of sp³-hybridized carbons (Fsp3) is 0.526. The number of aromatic nitrogens is 2. The number of nitrogens with one attached hydrogen (secondary N) is 1. The van der Waals surface area contributed by atoms with Gasteiger partial charge in [-0.05, 0) is 20.5 Å². The van der Waals surface area contributed by atoms with Crippen LogP contribution in [0.15, 0.2) is 6.20 Å². The van der Waals surface area contributed by atoms with E-state index in [9.17, 15) is 24.4 Å². The molecule has 0 radical (unpaired) electrons. The molecule has 1 saturated carbocycles. The van der Waals surface area contributed by atoms with Crippen LogP contribution in [0.1, 0.15) is 6.42 Å². The number of likely N-dealkylation sites (N-methyl/N-ethyl adjacent to an activating group) is 1. The van der Waals surface area contributed by atoms with Crippen molar-refractivity contribution in [1.29, 1.82) is 0 Å². The summed E-state index contributed by atoms with van der Waals surface area (Å²) in [5.41, 5.74) is -0.284. The zero-order chi connectivity index (χ0) is 22.9. The number of nitro groups is 1. The molecule has 3 aliphatic heterocycles.